The van der Waals surface area contributed by atoms with Gasteiger partial charge >= 0.3 is 5.97 Å². The summed E-state index contributed by atoms with van der Waals surface area (Å²) in [6, 6.07) is 6.92. The zero-order valence-corrected chi connectivity index (χ0v) is 15.7. The molecule has 29 heavy (non-hydrogen) atoms. The van der Waals surface area contributed by atoms with Crippen LogP contribution in [0.25, 0.3) is 11.0 Å². The lowest BCUT2D eigenvalue weighted by molar-refractivity contribution is 0.0695. The van der Waals surface area contributed by atoms with Crippen molar-refractivity contribution in [3.8, 4) is 5.75 Å². The summed E-state index contributed by atoms with van der Waals surface area (Å²) in [5, 5.41) is 9.34. The minimum atomic E-state index is -1.32. The third kappa shape index (κ3) is 2.74. The van der Waals surface area contributed by atoms with Gasteiger partial charge in [-0.1, -0.05) is 12.1 Å². The van der Waals surface area contributed by atoms with Gasteiger partial charge in [0.15, 0.2) is 11.6 Å². The van der Waals surface area contributed by atoms with Gasteiger partial charge < -0.3 is 19.3 Å². The predicted octanol–water partition coefficient (Wildman–Crippen LogP) is 3.10. The van der Waals surface area contributed by atoms with Gasteiger partial charge in [0.1, 0.15) is 17.0 Å². The molecule has 0 amide bonds. The average Bonchev–Trinajstić information content (AvgIpc) is 3.45. The summed E-state index contributed by atoms with van der Waals surface area (Å²) < 4.78 is 22.1. The third-order valence-corrected chi connectivity index (χ3v) is 5.57. The van der Waals surface area contributed by atoms with Gasteiger partial charge in [0.2, 0.25) is 5.43 Å². The zero-order valence-electron chi connectivity index (χ0n) is 15.7. The van der Waals surface area contributed by atoms with Gasteiger partial charge in [-0.25, -0.2) is 14.2 Å². The predicted molar refractivity (Wildman–Crippen MR) is 104 cm³/mol. The van der Waals surface area contributed by atoms with E-state index in [1.54, 1.807) is 16.6 Å². The van der Waals surface area contributed by atoms with Crippen molar-refractivity contribution in [2.45, 2.75) is 32.0 Å². The van der Waals surface area contributed by atoms with Crippen molar-refractivity contribution in [3.63, 3.8) is 0 Å². The smallest absolute Gasteiger partial charge is 0.341 e. The first-order chi connectivity index (χ1) is 14.0. The summed E-state index contributed by atoms with van der Waals surface area (Å²) in [4.78, 5) is 30.3. The average molecular weight is 395 g/mol. The number of pyridine rings is 2. The number of fused-ring (bicyclic) bond motifs is 2. The third-order valence-electron chi connectivity index (χ3n) is 5.57. The lowest BCUT2D eigenvalue weighted by Crippen LogP contribution is -2.22. The molecule has 1 aliphatic heterocycles. The fourth-order valence-corrected chi connectivity index (χ4v) is 3.97. The van der Waals surface area contributed by atoms with Crippen LogP contribution >= 0.6 is 0 Å². The molecule has 2 aromatic heterocycles. The van der Waals surface area contributed by atoms with Gasteiger partial charge in [0, 0.05) is 30.9 Å². The van der Waals surface area contributed by atoms with E-state index in [-0.39, 0.29) is 22.8 Å². The second-order valence-corrected chi connectivity index (χ2v) is 7.43. The monoisotopic (exact) mass is 395 g/mol. The Hall–Kier alpha value is -3.42. The molecule has 1 aliphatic carbocycles. The van der Waals surface area contributed by atoms with Gasteiger partial charge in [-0.3, -0.25) is 4.79 Å². The Kier molecular flexibility index (Phi) is 3.84. The van der Waals surface area contributed by atoms with Crippen molar-refractivity contribution in [2.24, 2.45) is 0 Å². The molecular weight excluding hydrogens is 377 g/mol. The van der Waals surface area contributed by atoms with Gasteiger partial charge in [-0.2, -0.15) is 0 Å². The van der Waals surface area contributed by atoms with Gasteiger partial charge in [0.05, 0.1) is 12.5 Å². The molecule has 2 aliphatic rings. The standard InChI is InChI=1S/C21H18FN3O4/c1-29-17-4-2-3-11-8-24(9-14(11)17)20-16(22)7-13-18(26)15(21(27)28)10-25(12-5-6-12)19(13)23-20/h2-4,7,10,12H,5-6,8-9H2,1H3,(H,27,28). The maximum absolute atomic E-state index is 15.0. The number of carboxylic acids is 1. The number of nitrogens with zero attached hydrogens (tertiary/aromatic N) is 3. The Balaban J connectivity index is 1.66. The van der Waals surface area contributed by atoms with Crippen LogP contribution in [0.4, 0.5) is 10.2 Å². The first kappa shape index (κ1) is 17.7. The van der Waals surface area contributed by atoms with Gasteiger partial charge in [-0.15, -0.1) is 0 Å². The minimum absolute atomic E-state index is 0.00709. The normalized spacial score (nSPS) is 15.6. The number of aromatic carboxylic acids is 1. The van der Waals surface area contributed by atoms with E-state index in [0.717, 1.165) is 35.8 Å². The topological polar surface area (TPSA) is 84.7 Å². The molecule has 0 saturated heterocycles. The molecule has 0 atom stereocenters. The van der Waals surface area contributed by atoms with Crippen LogP contribution in [0.2, 0.25) is 0 Å². The van der Waals surface area contributed by atoms with E-state index < -0.39 is 17.2 Å². The summed E-state index contributed by atoms with van der Waals surface area (Å²) >= 11 is 0. The van der Waals surface area contributed by atoms with E-state index in [4.69, 9.17) is 4.74 Å². The van der Waals surface area contributed by atoms with Crippen LogP contribution in [0.3, 0.4) is 0 Å². The molecule has 148 valence electrons. The van der Waals surface area contributed by atoms with Crippen LogP contribution < -0.4 is 15.1 Å². The van der Waals surface area contributed by atoms with Gasteiger partial charge in [-0.05, 0) is 30.5 Å². The highest BCUT2D eigenvalue weighted by Gasteiger charge is 2.30. The second kappa shape index (κ2) is 6.30. The number of hydrogen-bond donors (Lipinski definition) is 1. The van der Waals surface area contributed by atoms with Crippen LogP contribution in [0.1, 0.15) is 40.4 Å². The molecule has 0 radical (unpaired) electrons. The Morgan fingerprint density at radius 2 is 2.10 bits per heavy atom. The van der Waals surface area contributed by atoms with E-state index >= 15 is 4.39 Å². The van der Waals surface area contributed by atoms with Crippen molar-refractivity contribution < 1.29 is 19.0 Å². The van der Waals surface area contributed by atoms with Crippen LogP contribution in [-0.4, -0.2) is 27.7 Å². The summed E-state index contributed by atoms with van der Waals surface area (Å²) in [6.07, 6.45) is 3.08. The molecule has 1 fully saturated rings. The second-order valence-electron chi connectivity index (χ2n) is 7.43. The molecule has 0 unspecified atom stereocenters. The van der Waals surface area contributed by atoms with Crippen LogP contribution in [-0.2, 0) is 13.1 Å². The van der Waals surface area contributed by atoms with Crippen molar-refractivity contribution >= 4 is 22.8 Å². The Labute approximate surface area is 165 Å². The summed E-state index contributed by atoms with van der Waals surface area (Å²) in [5.41, 5.74) is 1.26. The molecule has 1 N–H and O–H groups in total. The Morgan fingerprint density at radius 1 is 1.31 bits per heavy atom. The summed E-state index contributed by atoms with van der Waals surface area (Å²) in [6.45, 7) is 0.915. The summed E-state index contributed by atoms with van der Waals surface area (Å²) in [7, 11) is 1.60. The van der Waals surface area contributed by atoms with E-state index in [1.807, 2.05) is 18.2 Å². The lowest BCUT2D eigenvalue weighted by Gasteiger charge is -2.19. The number of halogens is 1. The highest BCUT2D eigenvalue weighted by molar-refractivity contribution is 5.92. The van der Waals surface area contributed by atoms with E-state index in [9.17, 15) is 14.7 Å². The maximum Gasteiger partial charge on any atom is 0.341 e. The van der Waals surface area contributed by atoms with Crippen LogP contribution in [0, 0.1) is 5.82 Å². The number of hydrogen-bond acceptors (Lipinski definition) is 5. The van der Waals surface area contributed by atoms with Crippen LogP contribution in [0.15, 0.2) is 35.3 Å². The zero-order chi connectivity index (χ0) is 20.3. The van der Waals surface area contributed by atoms with Crippen molar-refractivity contribution in [2.75, 3.05) is 12.0 Å². The van der Waals surface area contributed by atoms with E-state index in [0.29, 0.717) is 18.7 Å². The van der Waals surface area contributed by atoms with Crippen molar-refractivity contribution in [1.29, 1.82) is 0 Å². The minimum Gasteiger partial charge on any atom is -0.496 e. The number of rotatable bonds is 4. The molecular formula is C21H18FN3O4. The first-order valence-corrected chi connectivity index (χ1v) is 9.36. The fraction of sp³-hybridized carbons (Fsp3) is 0.286. The largest absolute Gasteiger partial charge is 0.496 e. The lowest BCUT2D eigenvalue weighted by atomic mass is 10.1. The Morgan fingerprint density at radius 3 is 2.79 bits per heavy atom. The summed E-state index contributed by atoms with van der Waals surface area (Å²) in [5.74, 6) is -1.08. The molecule has 5 rings (SSSR count). The number of anilines is 1. The molecule has 1 aromatic carbocycles. The molecule has 3 heterocycles. The van der Waals surface area contributed by atoms with E-state index in [1.165, 1.54) is 6.20 Å². The van der Waals surface area contributed by atoms with Crippen LogP contribution in [0.5, 0.6) is 5.75 Å². The quantitative estimate of drug-likeness (QED) is 0.731. The Bertz CT molecular complexity index is 1230. The molecule has 0 bridgehead atoms. The fourth-order valence-electron chi connectivity index (χ4n) is 3.97. The molecule has 3 aromatic rings. The molecule has 1 saturated carbocycles. The van der Waals surface area contributed by atoms with Gasteiger partial charge in [0.25, 0.3) is 0 Å². The number of ether oxygens (including phenoxy) is 1. The van der Waals surface area contributed by atoms with Crippen molar-refractivity contribution in [1.82, 2.24) is 9.55 Å². The highest BCUT2D eigenvalue weighted by Crippen LogP contribution is 2.38. The first-order valence-electron chi connectivity index (χ1n) is 9.36. The van der Waals surface area contributed by atoms with E-state index in [2.05, 4.69) is 4.98 Å². The SMILES string of the molecule is COc1cccc2c1CN(c1nc3c(cc1F)c(=O)c(C(=O)O)cn3C1CC1)C2. The highest BCUT2D eigenvalue weighted by atomic mass is 19.1. The number of aromatic nitrogens is 2. The number of carbonyl (C=O) groups is 1. The molecule has 8 heteroatoms. The number of methoxy groups -OCH3 is 1. The van der Waals surface area contributed by atoms with Crippen molar-refractivity contribution in [3.05, 3.63) is 63.2 Å². The maximum atomic E-state index is 15.0. The molecule has 7 nitrogen and oxygen atoms in total. The number of carboxylic acid groups (broad SMARTS) is 1. The molecule has 0 spiro atoms. The number of benzene rings is 1.